The zero-order valence-electron chi connectivity index (χ0n) is 14.5. The number of hydrogen-bond donors (Lipinski definition) is 5. The number of hydrogen-bond acceptors (Lipinski definition) is 9. The molecule has 0 saturated carbocycles. The minimum absolute atomic E-state index is 0.0444. The number of benzene rings is 3. The average molecular weight is 437 g/mol. The predicted octanol–water partition coefficient (Wildman–Crippen LogP) is 2.50. The van der Waals surface area contributed by atoms with Crippen molar-refractivity contribution >= 4 is 59.4 Å². The molecule has 0 aliphatic rings. The highest BCUT2D eigenvalue weighted by molar-refractivity contribution is 7.86. The van der Waals surface area contributed by atoms with E-state index in [4.69, 9.17) is 17.2 Å². The summed E-state index contributed by atoms with van der Waals surface area (Å²) >= 11 is 0. The Hall–Kier alpha value is -3.26. The van der Waals surface area contributed by atoms with Crippen LogP contribution < -0.4 is 17.2 Å². The Bertz CT molecular complexity index is 1380. The maximum absolute atomic E-state index is 11.6. The summed E-state index contributed by atoms with van der Waals surface area (Å²) in [4.78, 5) is -0.990. The van der Waals surface area contributed by atoms with Crippen molar-refractivity contribution in [1.29, 1.82) is 0 Å². The SMILES string of the molecule is Nc1ccc(N=Nc2c(N)ccc3c(S(=O)(=O)O)ccc(N)c23)c(S(=O)(=O)O)c1. The van der Waals surface area contributed by atoms with Crippen LogP contribution in [0.25, 0.3) is 10.8 Å². The number of rotatable bonds is 4. The summed E-state index contributed by atoms with van der Waals surface area (Å²) < 4.78 is 65.2. The fraction of sp³-hybridized carbons (Fsp3) is 0. The van der Waals surface area contributed by atoms with E-state index in [2.05, 4.69) is 10.2 Å². The zero-order chi connectivity index (χ0) is 21.6. The molecule has 152 valence electrons. The number of nitrogens with two attached hydrogens (primary N) is 3. The van der Waals surface area contributed by atoms with Gasteiger partial charge in [-0.05, 0) is 36.4 Å². The smallest absolute Gasteiger partial charge is 0.296 e. The monoisotopic (exact) mass is 437 g/mol. The van der Waals surface area contributed by atoms with E-state index in [1.54, 1.807) is 0 Å². The number of anilines is 3. The van der Waals surface area contributed by atoms with Crippen molar-refractivity contribution in [3.05, 3.63) is 42.5 Å². The second kappa shape index (κ2) is 6.97. The van der Waals surface area contributed by atoms with Crippen LogP contribution in [0.5, 0.6) is 0 Å². The Kier molecular flexibility index (Phi) is 4.92. The number of fused-ring (bicyclic) bond motifs is 1. The summed E-state index contributed by atoms with van der Waals surface area (Å²) in [6.07, 6.45) is 0. The van der Waals surface area contributed by atoms with E-state index >= 15 is 0 Å². The molecule has 0 aliphatic carbocycles. The summed E-state index contributed by atoms with van der Waals surface area (Å²) in [6.45, 7) is 0. The van der Waals surface area contributed by atoms with Gasteiger partial charge in [0.05, 0.1) is 5.69 Å². The molecule has 0 atom stereocenters. The van der Waals surface area contributed by atoms with E-state index in [-0.39, 0.29) is 39.2 Å². The van der Waals surface area contributed by atoms with Gasteiger partial charge in [0.1, 0.15) is 21.2 Å². The van der Waals surface area contributed by atoms with Crippen molar-refractivity contribution in [2.45, 2.75) is 9.79 Å². The van der Waals surface area contributed by atoms with Gasteiger partial charge in [0.15, 0.2) is 0 Å². The van der Waals surface area contributed by atoms with Crippen LogP contribution in [0.3, 0.4) is 0 Å². The first-order chi connectivity index (χ1) is 13.4. The van der Waals surface area contributed by atoms with E-state index in [1.165, 1.54) is 30.3 Å². The van der Waals surface area contributed by atoms with Gasteiger partial charge in [0.25, 0.3) is 20.2 Å². The van der Waals surface area contributed by atoms with Gasteiger partial charge in [-0.25, -0.2) is 0 Å². The Morgan fingerprint density at radius 2 is 1.34 bits per heavy atom. The molecule has 0 aliphatic heterocycles. The van der Waals surface area contributed by atoms with Gasteiger partial charge in [0.2, 0.25) is 0 Å². The van der Waals surface area contributed by atoms with Crippen molar-refractivity contribution in [3.63, 3.8) is 0 Å². The van der Waals surface area contributed by atoms with Crippen molar-refractivity contribution in [3.8, 4) is 0 Å². The normalized spacial score (nSPS) is 12.6. The Morgan fingerprint density at radius 3 is 1.97 bits per heavy atom. The third kappa shape index (κ3) is 3.97. The fourth-order valence-electron chi connectivity index (χ4n) is 2.70. The largest absolute Gasteiger partial charge is 0.399 e. The first-order valence-electron chi connectivity index (χ1n) is 7.76. The van der Waals surface area contributed by atoms with Crippen molar-refractivity contribution < 1.29 is 25.9 Å². The molecular weight excluding hydrogens is 422 g/mol. The van der Waals surface area contributed by atoms with Gasteiger partial charge in [0, 0.05) is 22.1 Å². The standard InChI is InChI=1S/C16H15N5O6S2/c17-8-1-5-12(14(7-8)29(25,26)27)20-21-16-11(19)3-2-9-13(28(22,23)24)6-4-10(18)15(9)16/h1-7H,17-19H2,(H,22,23,24)(H,25,26,27). The first-order valence-corrected chi connectivity index (χ1v) is 10.6. The molecule has 3 aromatic rings. The maximum atomic E-state index is 11.6. The molecule has 29 heavy (non-hydrogen) atoms. The lowest BCUT2D eigenvalue weighted by molar-refractivity contribution is 0.481. The minimum Gasteiger partial charge on any atom is -0.399 e. The van der Waals surface area contributed by atoms with Crippen LogP contribution >= 0.6 is 0 Å². The molecule has 0 bridgehead atoms. The third-order valence-corrected chi connectivity index (χ3v) is 5.77. The lowest BCUT2D eigenvalue weighted by Crippen LogP contribution is -2.01. The third-order valence-electron chi connectivity index (χ3n) is 3.97. The highest BCUT2D eigenvalue weighted by atomic mass is 32.2. The first kappa shape index (κ1) is 20.5. The molecule has 0 heterocycles. The van der Waals surface area contributed by atoms with Gasteiger partial charge >= 0.3 is 0 Å². The molecule has 0 fully saturated rings. The Labute approximate surface area is 165 Å². The van der Waals surface area contributed by atoms with Gasteiger partial charge in [-0.1, -0.05) is 6.07 Å². The molecule has 0 unspecified atom stereocenters. The second-order valence-electron chi connectivity index (χ2n) is 5.96. The summed E-state index contributed by atoms with van der Waals surface area (Å²) in [5, 5.41) is 7.86. The number of nitrogen functional groups attached to an aromatic ring is 3. The maximum Gasteiger partial charge on any atom is 0.296 e. The molecule has 0 amide bonds. The van der Waals surface area contributed by atoms with Crippen LogP contribution in [0, 0.1) is 0 Å². The van der Waals surface area contributed by atoms with Gasteiger partial charge in [-0.2, -0.15) is 16.8 Å². The molecule has 0 radical (unpaired) electrons. The lowest BCUT2D eigenvalue weighted by Gasteiger charge is -2.11. The van der Waals surface area contributed by atoms with E-state index in [9.17, 15) is 25.9 Å². The highest BCUT2D eigenvalue weighted by Crippen LogP contribution is 2.40. The van der Waals surface area contributed by atoms with E-state index in [0.717, 1.165) is 12.1 Å². The molecule has 0 spiro atoms. The second-order valence-corrected chi connectivity index (χ2v) is 8.74. The topological polar surface area (TPSA) is 212 Å². The quantitative estimate of drug-likeness (QED) is 0.230. The van der Waals surface area contributed by atoms with Crippen LogP contribution in [0.15, 0.2) is 62.5 Å². The summed E-state index contributed by atoms with van der Waals surface area (Å²) in [5.74, 6) is 0. The van der Waals surface area contributed by atoms with Crippen molar-refractivity contribution in [1.82, 2.24) is 0 Å². The van der Waals surface area contributed by atoms with Crippen LogP contribution in [-0.4, -0.2) is 25.9 Å². The van der Waals surface area contributed by atoms with Crippen LogP contribution in [0.2, 0.25) is 0 Å². The van der Waals surface area contributed by atoms with E-state index in [0.29, 0.717) is 0 Å². The predicted molar refractivity (Wildman–Crippen MR) is 107 cm³/mol. The fourth-order valence-corrected chi connectivity index (χ4v) is 4.05. The van der Waals surface area contributed by atoms with Crippen molar-refractivity contribution in [2.75, 3.05) is 17.2 Å². The molecule has 13 heteroatoms. The van der Waals surface area contributed by atoms with Gasteiger partial charge in [-0.15, -0.1) is 10.2 Å². The number of nitrogens with zero attached hydrogens (tertiary/aromatic N) is 2. The lowest BCUT2D eigenvalue weighted by atomic mass is 10.1. The zero-order valence-corrected chi connectivity index (χ0v) is 16.1. The summed E-state index contributed by atoms with van der Waals surface area (Å²) in [5.41, 5.74) is 17.3. The Morgan fingerprint density at radius 1 is 0.724 bits per heavy atom. The summed E-state index contributed by atoms with van der Waals surface area (Å²) in [6, 6.07) is 8.61. The molecular formula is C16H15N5O6S2. The van der Waals surface area contributed by atoms with Crippen LogP contribution in [0.4, 0.5) is 28.4 Å². The van der Waals surface area contributed by atoms with E-state index < -0.39 is 30.0 Å². The summed E-state index contributed by atoms with van der Waals surface area (Å²) in [7, 11) is -9.22. The molecule has 0 aromatic heterocycles. The molecule has 11 nitrogen and oxygen atoms in total. The molecule has 0 saturated heterocycles. The molecule has 8 N–H and O–H groups in total. The molecule has 3 rings (SSSR count). The minimum atomic E-state index is -4.65. The average Bonchev–Trinajstić information content (AvgIpc) is 2.60. The highest BCUT2D eigenvalue weighted by Gasteiger charge is 2.19. The van der Waals surface area contributed by atoms with E-state index in [1.807, 2.05) is 0 Å². The van der Waals surface area contributed by atoms with Crippen molar-refractivity contribution in [2.24, 2.45) is 10.2 Å². The van der Waals surface area contributed by atoms with Gasteiger partial charge in [-0.3, -0.25) is 9.11 Å². The number of azo groups is 1. The Balaban J connectivity index is 2.29. The van der Waals surface area contributed by atoms with Crippen LogP contribution in [-0.2, 0) is 20.2 Å². The van der Waals surface area contributed by atoms with Gasteiger partial charge < -0.3 is 17.2 Å². The van der Waals surface area contributed by atoms with Crippen LogP contribution in [0.1, 0.15) is 0 Å². The molecule has 3 aromatic carbocycles.